The molecule has 2 aromatic carbocycles. The summed E-state index contributed by atoms with van der Waals surface area (Å²) in [6.07, 6.45) is 1.01. The summed E-state index contributed by atoms with van der Waals surface area (Å²) in [6, 6.07) is 14.8. The molecule has 0 aliphatic heterocycles. The van der Waals surface area contributed by atoms with Crippen molar-refractivity contribution in [3.8, 4) is 11.5 Å². The molecule has 1 N–H and O–H groups in total. The minimum atomic E-state index is -0.548. The monoisotopic (exact) mass is 398 g/mol. The molecule has 0 fully saturated rings. The number of methoxy groups -OCH3 is 2. The Morgan fingerprint density at radius 2 is 1.69 bits per heavy atom. The number of hydrogen-bond donors (Lipinski definition) is 1. The van der Waals surface area contributed by atoms with Crippen molar-refractivity contribution < 1.29 is 19.1 Å². The van der Waals surface area contributed by atoms with Gasteiger partial charge < -0.3 is 19.7 Å². The summed E-state index contributed by atoms with van der Waals surface area (Å²) in [7, 11) is 3.19. The summed E-state index contributed by atoms with van der Waals surface area (Å²) >= 11 is 0. The first-order valence-electron chi connectivity index (χ1n) is 9.82. The van der Waals surface area contributed by atoms with E-state index >= 15 is 0 Å². The lowest BCUT2D eigenvalue weighted by Gasteiger charge is -2.28. The molecule has 0 spiro atoms. The summed E-state index contributed by atoms with van der Waals surface area (Å²) in [4.78, 5) is 26.7. The Morgan fingerprint density at radius 1 is 1.00 bits per heavy atom. The molecule has 0 aliphatic rings. The third kappa shape index (κ3) is 6.24. The zero-order valence-corrected chi connectivity index (χ0v) is 17.6. The van der Waals surface area contributed by atoms with E-state index in [-0.39, 0.29) is 11.8 Å². The number of carbonyl (C=O) groups excluding carboxylic acids is 2. The van der Waals surface area contributed by atoms with Crippen molar-refractivity contribution in [2.45, 2.75) is 39.3 Å². The minimum absolute atomic E-state index is 0.0450. The molecule has 0 radical (unpaired) electrons. The third-order valence-corrected chi connectivity index (χ3v) is 4.83. The van der Waals surface area contributed by atoms with Crippen molar-refractivity contribution in [2.24, 2.45) is 0 Å². The first-order valence-corrected chi connectivity index (χ1v) is 9.82. The Hall–Kier alpha value is -3.02. The van der Waals surface area contributed by atoms with E-state index in [1.165, 1.54) is 0 Å². The molecule has 0 bridgehead atoms. The van der Waals surface area contributed by atoms with Gasteiger partial charge in [0.15, 0.2) is 11.5 Å². The molecule has 6 nitrogen and oxygen atoms in total. The van der Waals surface area contributed by atoms with Crippen LogP contribution >= 0.6 is 0 Å². The second kappa shape index (κ2) is 11.1. The van der Waals surface area contributed by atoms with Gasteiger partial charge in [-0.05, 0) is 36.6 Å². The van der Waals surface area contributed by atoms with Gasteiger partial charge in [0.05, 0.1) is 14.2 Å². The first kappa shape index (κ1) is 22.3. The lowest BCUT2D eigenvalue weighted by molar-refractivity contribution is -0.140. The number of nitrogens with one attached hydrogen (secondary N) is 1. The average Bonchev–Trinajstić information content (AvgIpc) is 2.76. The Morgan fingerprint density at radius 3 is 2.31 bits per heavy atom. The minimum Gasteiger partial charge on any atom is -0.493 e. The van der Waals surface area contributed by atoms with Crippen LogP contribution in [0.15, 0.2) is 48.5 Å². The van der Waals surface area contributed by atoms with Crippen LogP contribution in [0.25, 0.3) is 0 Å². The summed E-state index contributed by atoms with van der Waals surface area (Å²) in [5.41, 5.74) is 2.03. The van der Waals surface area contributed by atoms with E-state index in [1.54, 1.807) is 26.0 Å². The molecular formula is C23H30N2O4. The molecule has 1 atom stereocenters. The summed E-state index contributed by atoms with van der Waals surface area (Å²) in [5.74, 6) is 1.12. The molecule has 6 heteroatoms. The fraction of sp³-hybridized carbons (Fsp3) is 0.391. The van der Waals surface area contributed by atoms with Crippen molar-refractivity contribution in [3.05, 3.63) is 59.7 Å². The highest BCUT2D eigenvalue weighted by molar-refractivity contribution is 5.87. The van der Waals surface area contributed by atoms with Gasteiger partial charge >= 0.3 is 0 Å². The molecular weight excluding hydrogens is 368 g/mol. The summed E-state index contributed by atoms with van der Waals surface area (Å²) in [5, 5.41) is 2.94. The Kier molecular flexibility index (Phi) is 8.52. The number of benzene rings is 2. The Balaban J connectivity index is 1.96. The van der Waals surface area contributed by atoms with Crippen LogP contribution in [0.5, 0.6) is 11.5 Å². The second-order valence-electron chi connectivity index (χ2n) is 6.77. The van der Waals surface area contributed by atoms with Crippen molar-refractivity contribution in [1.29, 1.82) is 0 Å². The van der Waals surface area contributed by atoms with E-state index in [9.17, 15) is 9.59 Å². The van der Waals surface area contributed by atoms with E-state index in [4.69, 9.17) is 9.47 Å². The molecule has 1 unspecified atom stereocenters. The maximum Gasteiger partial charge on any atom is 0.242 e. The molecule has 156 valence electrons. The summed E-state index contributed by atoms with van der Waals surface area (Å²) < 4.78 is 10.6. The molecule has 0 aliphatic carbocycles. The van der Waals surface area contributed by atoms with Gasteiger partial charge in [0.2, 0.25) is 11.8 Å². The van der Waals surface area contributed by atoms with Gasteiger partial charge in [0, 0.05) is 19.5 Å². The van der Waals surface area contributed by atoms with E-state index in [0.29, 0.717) is 37.4 Å². The maximum atomic E-state index is 12.7. The molecule has 0 saturated carbocycles. The van der Waals surface area contributed by atoms with Gasteiger partial charge in [-0.25, -0.2) is 0 Å². The molecule has 2 amide bonds. The molecule has 29 heavy (non-hydrogen) atoms. The lowest BCUT2D eigenvalue weighted by Crippen LogP contribution is -2.47. The topological polar surface area (TPSA) is 67.9 Å². The number of rotatable bonds is 10. The van der Waals surface area contributed by atoms with Gasteiger partial charge in [-0.2, -0.15) is 0 Å². The fourth-order valence-electron chi connectivity index (χ4n) is 3.08. The normalized spacial score (nSPS) is 11.4. The number of carbonyl (C=O) groups is 2. The highest BCUT2D eigenvalue weighted by Gasteiger charge is 2.24. The van der Waals surface area contributed by atoms with E-state index in [2.05, 4.69) is 5.32 Å². The quantitative estimate of drug-likeness (QED) is 0.667. The van der Waals surface area contributed by atoms with Crippen LogP contribution in [0.1, 0.15) is 31.4 Å². The van der Waals surface area contributed by atoms with Crippen molar-refractivity contribution in [3.63, 3.8) is 0 Å². The van der Waals surface area contributed by atoms with Crippen LogP contribution in [0, 0.1) is 0 Å². The van der Waals surface area contributed by atoms with Crippen LogP contribution in [0.3, 0.4) is 0 Å². The highest BCUT2D eigenvalue weighted by Crippen LogP contribution is 2.27. The summed E-state index contributed by atoms with van der Waals surface area (Å²) in [6.45, 7) is 4.46. The molecule has 0 aromatic heterocycles. The molecule has 2 aromatic rings. The van der Waals surface area contributed by atoms with Crippen molar-refractivity contribution in [2.75, 3.05) is 20.8 Å². The van der Waals surface area contributed by atoms with E-state index in [1.807, 2.05) is 55.5 Å². The number of nitrogens with zero attached hydrogens (tertiary/aromatic N) is 1. The number of ether oxygens (including phenoxy) is 2. The van der Waals surface area contributed by atoms with Gasteiger partial charge in [0.25, 0.3) is 0 Å². The van der Waals surface area contributed by atoms with Crippen LogP contribution < -0.4 is 14.8 Å². The third-order valence-electron chi connectivity index (χ3n) is 4.83. The Bertz CT molecular complexity index is 808. The lowest BCUT2D eigenvalue weighted by atomic mass is 10.1. The average molecular weight is 399 g/mol. The highest BCUT2D eigenvalue weighted by atomic mass is 16.5. The largest absolute Gasteiger partial charge is 0.493 e. The van der Waals surface area contributed by atoms with Gasteiger partial charge in [-0.15, -0.1) is 0 Å². The predicted molar refractivity (Wildman–Crippen MR) is 113 cm³/mol. The zero-order valence-electron chi connectivity index (χ0n) is 17.6. The first-order chi connectivity index (χ1) is 14.0. The van der Waals surface area contributed by atoms with Gasteiger partial charge in [-0.1, -0.05) is 43.3 Å². The molecule has 2 rings (SSSR count). The maximum absolute atomic E-state index is 12.7. The number of amides is 2. The molecule has 0 saturated heterocycles. The smallest absolute Gasteiger partial charge is 0.242 e. The molecule has 0 heterocycles. The SMILES string of the molecule is CCC(=O)N(Cc1ccccc1)C(C)C(=O)NCCc1ccc(OC)c(OC)c1. The zero-order chi connectivity index (χ0) is 21.2. The number of hydrogen-bond acceptors (Lipinski definition) is 4. The standard InChI is InChI=1S/C23H30N2O4/c1-5-22(26)25(16-19-9-7-6-8-10-19)17(2)23(27)24-14-13-18-11-12-20(28-3)21(15-18)29-4/h6-12,15,17H,5,13-14,16H2,1-4H3,(H,24,27). The van der Waals surface area contributed by atoms with Crippen LogP contribution in [-0.2, 0) is 22.6 Å². The van der Waals surface area contributed by atoms with Crippen LogP contribution in [-0.4, -0.2) is 43.5 Å². The van der Waals surface area contributed by atoms with Gasteiger partial charge in [0.1, 0.15) is 6.04 Å². The Labute approximate surface area is 172 Å². The van der Waals surface area contributed by atoms with E-state index in [0.717, 1.165) is 11.1 Å². The fourth-order valence-corrected chi connectivity index (χ4v) is 3.08. The van der Waals surface area contributed by atoms with Crippen LogP contribution in [0.4, 0.5) is 0 Å². The second-order valence-corrected chi connectivity index (χ2v) is 6.77. The van der Waals surface area contributed by atoms with Crippen LogP contribution in [0.2, 0.25) is 0 Å². The van der Waals surface area contributed by atoms with Crippen molar-refractivity contribution in [1.82, 2.24) is 10.2 Å². The van der Waals surface area contributed by atoms with E-state index < -0.39 is 6.04 Å². The van der Waals surface area contributed by atoms with Crippen molar-refractivity contribution >= 4 is 11.8 Å². The predicted octanol–water partition coefficient (Wildman–Crippen LogP) is 3.19. The van der Waals surface area contributed by atoms with Gasteiger partial charge in [-0.3, -0.25) is 9.59 Å².